The molecule has 100 valence electrons. The lowest BCUT2D eigenvalue weighted by Crippen LogP contribution is -1.95. The van der Waals surface area contributed by atoms with Crippen LogP contribution in [0, 0.1) is 0 Å². The van der Waals surface area contributed by atoms with Crippen LogP contribution in [0.2, 0.25) is 5.02 Å². The molecule has 3 nitrogen and oxygen atoms in total. The third-order valence-electron chi connectivity index (χ3n) is 3.07. The zero-order chi connectivity index (χ0) is 13.2. The Balaban J connectivity index is 1.71. The van der Waals surface area contributed by atoms with Crippen molar-refractivity contribution in [2.45, 2.75) is 32.0 Å². The van der Waals surface area contributed by atoms with Crippen molar-refractivity contribution < 1.29 is 9.84 Å². The summed E-state index contributed by atoms with van der Waals surface area (Å²) in [5, 5.41) is 10.8. The summed E-state index contributed by atoms with van der Waals surface area (Å²) in [5.41, 5.74) is 1.06. The molecule has 2 aromatic rings. The first kappa shape index (κ1) is 12.9. The molecule has 0 unspecified atom stereocenters. The number of benzene rings is 1. The molecule has 5 heteroatoms. The van der Waals surface area contributed by atoms with E-state index in [1.807, 2.05) is 18.2 Å². The summed E-state index contributed by atoms with van der Waals surface area (Å²) in [4.78, 5) is 5.55. The summed E-state index contributed by atoms with van der Waals surface area (Å²) in [6, 6.07) is 7.39. The second kappa shape index (κ2) is 5.49. The first-order valence-corrected chi connectivity index (χ1v) is 7.44. The molecule has 0 amide bonds. The fourth-order valence-corrected chi connectivity index (χ4v) is 3.08. The number of rotatable bonds is 5. The summed E-state index contributed by atoms with van der Waals surface area (Å²) in [5.74, 6) is 1.21. The average Bonchev–Trinajstić information content (AvgIpc) is 3.18. The monoisotopic (exact) mass is 295 g/mol. The van der Waals surface area contributed by atoms with Crippen LogP contribution in [0.4, 0.5) is 0 Å². The molecule has 1 N–H and O–H groups in total. The Morgan fingerprint density at radius 1 is 1.37 bits per heavy atom. The number of para-hydroxylation sites is 1. The van der Waals surface area contributed by atoms with E-state index < -0.39 is 0 Å². The van der Waals surface area contributed by atoms with Crippen molar-refractivity contribution in [2.75, 3.05) is 0 Å². The van der Waals surface area contributed by atoms with Crippen molar-refractivity contribution in [2.24, 2.45) is 0 Å². The van der Waals surface area contributed by atoms with Gasteiger partial charge < -0.3 is 9.84 Å². The highest BCUT2D eigenvalue weighted by Crippen LogP contribution is 2.42. The van der Waals surface area contributed by atoms with Crippen LogP contribution in [-0.2, 0) is 13.2 Å². The van der Waals surface area contributed by atoms with Crippen molar-refractivity contribution >= 4 is 22.9 Å². The lowest BCUT2D eigenvalue weighted by molar-refractivity contribution is 0.284. The van der Waals surface area contributed by atoms with Gasteiger partial charge in [-0.25, -0.2) is 4.98 Å². The Bertz CT molecular complexity index is 581. The molecule has 1 aliphatic carbocycles. The molecule has 1 aromatic heterocycles. The zero-order valence-corrected chi connectivity index (χ0v) is 11.9. The van der Waals surface area contributed by atoms with Gasteiger partial charge in [0.25, 0.3) is 0 Å². The predicted molar refractivity (Wildman–Crippen MR) is 75.8 cm³/mol. The zero-order valence-electron chi connectivity index (χ0n) is 10.3. The average molecular weight is 296 g/mol. The van der Waals surface area contributed by atoms with Gasteiger partial charge >= 0.3 is 0 Å². The summed E-state index contributed by atoms with van der Waals surface area (Å²) in [6.07, 6.45) is 2.36. The lowest BCUT2D eigenvalue weighted by atomic mass is 10.2. The molecular formula is C14H14ClNO2S. The standard InChI is InChI=1S/C14H14ClNO2S/c15-10-3-1-2-4-11(10)18-8-13-16-14(9-5-6-9)12(7-17)19-13/h1-4,9,17H,5-8H2. The third-order valence-corrected chi connectivity index (χ3v) is 4.41. The SMILES string of the molecule is OCc1sc(COc2ccccc2Cl)nc1C1CC1. The maximum atomic E-state index is 9.35. The molecule has 0 saturated heterocycles. The van der Waals surface area contributed by atoms with Crippen LogP contribution >= 0.6 is 22.9 Å². The number of aliphatic hydroxyl groups excluding tert-OH is 1. The number of ether oxygens (including phenoxy) is 1. The number of thiazole rings is 1. The van der Waals surface area contributed by atoms with Crippen molar-refractivity contribution in [1.82, 2.24) is 4.98 Å². The number of hydrogen-bond donors (Lipinski definition) is 1. The number of hydrogen-bond acceptors (Lipinski definition) is 4. The number of aromatic nitrogens is 1. The second-order valence-electron chi connectivity index (χ2n) is 4.57. The summed E-state index contributed by atoms with van der Waals surface area (Å²) >= 11 is 7.56. The van der Waals surface area contributed by atoms with Crippen LogP contribution in [0.25, 0.3) is 0 Å². The first-order valence-electron chi connectivity index (χ1n) is 6.24. The van der Waals surface area contributed by atoms with Gasteiger partial charge in [-0.2, -0.15) is 0 Å². The van der Waals surface area contributed by atoms with E-state index in [1.165, 1.54) is 24.2 Å². The van der Waals surface area contributed by atoms with Crippen molar-refractivity contribution in [1.29, 1.82) is 0 Å². The van der Waals surface area contributed by atoms with E-state index in [2.05, 4.69) is 4.98 Å². The van der Waals surface area contributed by atoms with Gasteiger partial charge in [-0.1, -0.05) is 23.7 Å². The Morgan fingerprint density at radius 3 is 2.84 bits per heavy atom. The van der Waals surface area contributed by atoms with E-state index in [-0.39, 0.29) is 6.61 Å². The van der Waals surface area contributed by atoms with E-state index in [4.69, 9.17) is 16.3 Å². The van der Waals surface area contributed by atoms with Crippen molar-refractivity contribution in [3.8, 4) is 5.75 Å². The Hall–Kier alpha value is -1.10. The van der Waals surface area contributed by atoms with Gasteiger partial charge in [0.05, 0.1) is 22.2 Å². The van der Waals surface area contributed by atoms with E-state index in [0.29, 0.717) is 23.3 Å². The third kappa shape index (κ3) is 2.91. The molecule has 1 saturated carbocycles. The summed E-state index contributed by atoms with van der Waals surface area (Å²) in [7, 11) is 0. The molecule has 1 heterocycles. The molecule has 1 fully saturated rings. The molecule has 19 heavy (non-hydrogen) atoms. The topological polar surface area (TPSA) is 42.4 Å². The molecule has 0 aliphatic heterocycles. The van der Waals surface area contributed by atoms with Crippen LogP contribution in [0.1, 0.15) is 34.3 Å². The quantitative estimate of drug-likeness (QED) is 0.913. The van der Waals surface area contributed by atoms with Gasteiger partial charge in [0.15, 0.2) is 0 Å². The molecular weight excluding hydrogens is 282 g/mol. The number of halogens is 1. The van der Waals surface area contributed by atoms with Gasteiger partial charge in [0.2, 0.25) is 0 Å². The normalized spacial score (nSPS) is 14.6. The van der Waals surface area contributed by atoms with E-state index in [1.54, 1.807) is 6.07 Å². The summed E-state index contributed by atoms with van der Waals surface area (Å²) < 4.78 is 5.67. The fourth-order valence-electron chi connectivity index (χ4n) is 1.97. The molecule has 0 atom stereocenters. The van der Waals surface area contributed by atoms with Gasteiger partial charge in [-0.05, 0) is 25.0 Å². The van der Waals surface area contributed by atoms with Crippen LogP contribution in [-0.4, -0.2) is 10.1 Å². The highest BCUT2D eigenvalue weighted by atomic mass is 35.5. The van der Waals surface area contributed by atoms with E-state index >= 15 is 0 Å². The van der Waals surface area contributed by atoms with Gasteiger partial charge in [0.1, 0.15) is 17.4 Å². The highest BCUT2D eigenvalue weighted by molar-refractivity contribution is 7.11. The predicted octanol–water partition coefficient (Wildman–Crippen LogP) is 3.75. The molecule has 0 spiro atoms. The maximum Gasteiger partial charge on any atom is 0.140 e. The van der Waals surface area contributed by atoms with Gasteiger partial charge in [0, 0.05) is 5.92 Å². The number of aliphatic hydroxyl groups is 1. The van der Waals surface area contributed by atoms with E-state index in [9.17, 15) is 5.11 Å². The van der Waals surface area contributed by atoms with E-state index in [0.717, 1.165) is 15.6 Å². The Morgan fingerprint density at radius 2 is 2.16 bits per heavy atom. The maximum absolute atomic E-state index is 9.35. The largest absolute Gasteiger partial charge is 0.485 e. The highest BCUT2D eigenvalue weighted by Gasteiger charge is 2.29. The van der Waals surface area contributed by atoms with Crippen LogP contribution in [0.3, 0.4) is 0 Å². The lowest BCUT2D eigenvalue weighted by Gasteiger charge is -2.05. The smallest absolute Gasteiger partial charge is 0.140 e. The second-order valence-corrected chi connectivity index (χ2v) is 6.14. The van der Waals surface area contributed by atoms with Crippen LogP contribution in [0.5, 0.6) is 5.75 Å². The minimum Gasteiger partial charge on any atom is -0.485 e. The summed E-state index contributed by atoms with van der Waals surface area (Å²) in [6.45, 7) is 0.462. The van der Waals surface area contributed by atoms with Gasteiger partial charge in [-0.15, -0.1) is 11.3 Å². The fraction of sp³-hybridized carbons (Fsp3) is 0.357. The Kier molecular flexibility index (Phi) is 3.73. The molecule has 0 bridgehead atoms. The van der Waals surface area contributed by atoms with Crippen molar-refractivity contribution in [3.63, 3.8) is 0 Å². The number of nitrogens with zero attached hydrogens (tertiary/aromatic N) is 1. The molecule has 3 rings (SSSR count). The van der Waals surface area contributed by atoms with Gasteiger partial charge in [-0.3, -0.25) is 0 Å². The minimum atomic E-state index is 0.0651. The molecule has 1 aromatic carbocycles. The van der Waals surface area contributed by atoms with Crippen molar-refractivity contribution in [3.05, 3.63) is 44.9 Å². The molecule has 1 aliphatic rings. The Labute approximate surface area is 120 Å². The minimum absolute atomic E-state index is 0.0651. The van der Waals surface area contributed by atoms with Crippen LogP contribution in [0.15, 0.2) is 24.3 Å². The molecule has 0 radical (unpaired) electrons. The first-order chi connectivity index (χ1) is 9.28. The van der Waals surface area contributed by atoms with Crippen LogP contribution < -0.4 is 4.74 Å².